The molecule has 204 valence electrons. The summed E-state index contributed by atoms with van der Waals surface area (Å²) in [7, 11) is 0. The van der Waals surface area contributed by atoms with Gasteiger partial charge < -0.3 is 19.9 Å². The predicted molar refractivity (Wildman–Crippen MR) is 146 cm³/mol. The molecule has 0 amide bonds. The molecule has 2 fully saturated rings. The molecule has 6 rings (SSSR count). The molecular formula is C29H33F2N7O. The quantitative estimate of drug-likeness (QED) is 0.315. The van der Waals surface area contributed by atoms with Gasteiger partial charge in [0.2, 0.25) is 5.95 Å². The van der Waals surface area contributed by atoms with Crippen molar-refractivity contribution in [3.05, 3.63) is 59.7 Å². The van der Waals surface area contributed by atoms with E-state index in [1.54, 1.807) is 18.3 Å². The molecule has 8 nitrogen and oxygen atoms in total. The van der Waals surface area contributed by atoms with Crippen molar-refractivity contribution in [2.45, 2.75) is 64.6 Å². The Morgan fingerprint density at radius 1 is 0.974 bits per heavy atom. The SMILES string of the molecule is Cc1nc2c(F)cc(-c3nc(Nc4ccc([C@H](O)C5CCN(C6CC6)CC5)cn4)ncc3F)cc2n1C(C)C. The number of anilines is 2. The number of nitrogens with one attached hydrogen (secondary N) is 1. The first kappa shape index (κ1) is 25.8. The second-order valence-corrected chi connectivity index (χ2v) is 11.0. The van der Waals surface area contributed by atoms with Gasteiger partial charge in [0.15, 0.2) is 11.6 Å². The van der Waals surface area contributed by atoms with Crippen molar-refractivity contribution in [3.8, 4) is 11.3 Å². The number of fused-ring (bicyclic) bond motifs is 1. The highest BCUT2D eigenvalue weighted by Crippen LogP contribution is 2.36. The summed E-state index contributed by atoms with van der Waals surface area (Å²) in [5.74, 6) is 0.301. The third-order valence-electron chi connectivity index (χ3n) is 7.91. The van der Waals surface area contributed by atoms with Crippen molar-refractivity contribution in [2.24, 2.45) is 5.92 Å². The number of aliphatic hydroxyl groups is 1. The predicted octanol–water partition coefficient (Wildman–Crippen LogP) is 5.71. The molecule has 2 aliphatic rings. The van der Waals surface area contributed by atoms with E-state index in [4.69, 9.17) is 0 Å². The number of aromatic nitrogens is 5. The van der Waals surface area contributed by atoms with E-state index >= 15 is 0 Å². The summed E-state index contributed by atoms with van der Waals surface area (Å²) >= 11 is 0. The van der Waals surface area contributed by atoms with Gasteiger partial charge in [-0.25, -0.2) is 28.7 Å². The van der Waals surface area contributed by atoms with Crippen molar-refractivity contribution in [1.29, 1.82) is 0 Å². The minimum Gasteiger partial charge on any atom is -0.388 e. The van der Waals surface area contributed by atoms with Gasteiger partial charge in [0.1, 0.15) is 22.9 Å². The van der Waals surface area contributed by atoms with Crippen molar-refractivity contribution in [1.82, 2.24) is 29.4 Å². The Kier molecular flexibility index (Phi) is 6.76. The number of hydrogen-bond donors (Lipinski definition) is 2. The maximum absolute atomic E-state index is 15.0. The molecule has 1 saturated heterocycles. The molecule has 0 unspecified atom stereocenters. The molecule has 4 heterocycles. The average Bonchev–Trinajstić information content (AvgIpc) is 3.72. The van der Waals surface area contributed by atoms with Gasteiger partial charge >= 0.3 is 0 Å². The maximum atomic E-state index is 15.0. The second-order valence-electron chi connectivity index (χ2n) is 11.0. The molecule has 3 aromatic heterocycles. The number of aryl methyl sites for hydroxylation is 1. The summed E-state index contributed by atoms with van der Waals surface area (Å²) in [6, 6.07) is 7.37. The zero-order chi connectivity index (χ0) is 27.3. The van der Waals surface area contributed by atoms with Crippen LogP contribution in [0.25, 0.3) is 22.3 Å². The first-order valence-corrected chi connectivity index (χ1v) is 13.6. The summed E-state index contributed by atoms with van der Waals surface area (Å²) < 4.78 is 31.7. The largest absolute Gasteiger partial charge is 0.388 e. The van der Waals surface area contributed by atoms with E-state index in [1.807, 2.05) is 31.4 Å². The van der Waals surface area contributed by atoms with Crippen LogP contribution in [-0.4, -0.2) is 53.6 Å². The monoisotopic (exact) mass is 533 g/mol. The molecular weight excluding hydrogens is 500 g/mol. The summed E-state index contributed by atoms with van der Waals surface area (Å²) in [5, 5.41) is 13.9. The topological polar surface area (TPSA) is 92.0 Å². The van der Waals surface area contributed by atoms with Crippen LogP contribution in [0.5, 0.6) is 0 Å². The maximum Gasteiger partial charge on any atom is 0.229 e. The highest BCUT2D eigenvalue weighted by Gasteiger charge is 2.34. The highest BCUT2D eigenvalue weighted by molar-refractivity contribution is 5.83. The molecule has 0 bridgehead atoms. The Morgan fingerprint density at radius 3 is 2.41 bits per heavy atom. The molecule has 4 aromatic rings. The minimum absolute atomic E-state index is 0.0213. The van der Waals surface area contributed by atoms with Gasteiger partial charge in [-0.15, -0.1) is 0 Å². The van der Waals surface area contributed by atoms with Crippen molar-refractivity contribution >= 4 is 22.8 Å². The molecule has 10 heteroatoms. The van der Waals surface area contributed by atoms with Crippen LogP contribution in [-0.2, 0) is 0 Å². The lowest BCUT2D eigenvalue weighted by Gasteiger charge is -2.34. The van der Waals surface area contributed by atoms with E-state index in [-0.39, 0.29) is 29.1 Å². The number of piperidine rings is 1. The molecule has 1 aliphatic heterocycles. The highest BCUT2D eigenvalue weighted by atomic mass is 19.1. The number of benzene rings is 1. The summed E-state index contributed by atoms with van der Waals surface area (Å²) in [4.78, 5) is 19.7. The third kappa shape index (κ3) is 5.10. The molecule has 1 saturated carbocycles. The van der Waals surface area contributed by atoms with Gasteiger partial charge in [-0.3, -0.25) is 0 Å². The summed E-state index contributed by atoms with van der Waals surface area (Å²) in [5.41, 5.74) is 1.87. The van der Waals surface area contributed by atoms with Crippen LogP contribution in [0.2, 0.25) is 0 Å². The lowest BCUT2D eigenvalue weighted by atomic mass is 9.88. The van der Waals surface area contributed by atoms with E-state index in [9.17, 15) is 13.9 Å². The van der Waals surface area contributed by atoms with Gasteiger partial charge in [-0.1, -0.05) is 6.07 Å². The van der Waals surface area contributed by atoms with Crippen LogP contribution in [0.3, 0.4) is 0 Å². The third-order valence-corrected chi connectivity index (χ3v) is 7.91. The molecule has 39 heavy (non-hydrogen) atoms. The Morgan fingerprint density at radius 2 is 1.74 bits per heavy atom. The van der Waals surface area contributed by atoms with Crippen molar-refractivity contribution in [3.63, 3.8) is 0 Å². The van der Waals surface area contributed by atoms with Crippen molar-refractivity contribution < 1.29 is 13.9 Å². The van der Waals surface area contributed by atoms with Gasteiger partial charge in [0.05, 0.1) is 17.8 Å². The molecule has 1 aromatic carbocycles. The van der Waals surface area contributed by atoms with Gasteiger partial charge in [0.25, 0.3) is 0 Å². The molecule has 1 atom stereocenters. The second kappa shape index (κ2) is 10.2. The minimum atomic E-state index is -0.661. The number of likely N-dealkylation sites (tertiary alicyclic amines) is 1. The van der Waals surface area contributed by atoms with E-state index in [0.29, 0.717) is 22.7 Å². The Balaban J connectivity index is 1.20. The molecule has 2 N–H and O–H groups in total. The van der Waals surface area contributed by atoms with E-state index in [2.05, 4.69) is 30.2 Å². The number of rotatable bonds is 7. The Hall–Kier alpha value is -3.50. The standard InChI is InChI=1S/C29H33F2N7O/c1-16(2)38-17(3)34-27-22(30)12-20(13-24(27)38)26-23(31)15-33-29(36-26)35-25-7-4-19(14-32-25)28(39)18-8-10-37(11-9-18)21-5-6-21/h4,7,12-16,18,21,28,39H,5-6,8-11H2,1-3H3,(H,32,33,35,36)/t28-/m1/s1. The fourth-order valence-corrected chi connectivity index (χ4v) is 5.77. The molecule has 0 spiro atoms. The first-order chi connectivity index (χ1) is 18.8. The smallest absolute Gasteiger partial charge is 0.229 e. The van der Waals surface area contributed by atoms with Gasteiger partial charge in [0, 0.05) is 23.8 Å². The number of aliphatic hydroxyl groups excluding tert-OH is 1. The Bertz CT molecular complexity index is 1490. The average molecular weight is 534 g/mol. The molecule has 1 aliphatic carbocycles. The fourth-order valence-electron chi connectivity index (χ4n) is 5.77. The zero-order valence-electron chi connectivity index (χ0n) is 22.4. The lowest BCUT2D eigenvalue weighted by Crippen LogP contribution is -2.37. The van der Waals surface area contributed by atoms with Gasteiger partial charge in [-0.05, 0) is 89.2 Å². The van der Waals surface area contributed by atoms with Crippen molar-refractivity contribution in [2.75, 3.05) is 18.4 Å². The number of hydrogen-bond acceptors (Lipinski definition) is 7. The van der Waals surface area contributed by atoms with Gasteiger partial charge in [-0.2, -0.15) is 0 Å². The number of imidazole rings is 1. The molecule has 0 radical (unpaired) electrons. The number of pyridine rings is 1. The lowest BCUT2D eigenvalue weighted by molar-refractivity contribution is 0.0564. The van der Waals surface area contributed by atoms with E-state index in [0.717, 1.165) is 43.7 Å². The summed E-state index contributed by atoms with van der Waals surface area (Å²) in [6.07, 6.45) is 6.73. The number of halogens is 2. The van der Waals surface area contributed by atoms with Crippen LogP contribution < -0.4 is 5.32 Å². The van der Waals surface area contributed by atoms with E-state index < -0.39 is 17.7 Å². The normalized spacial score (nSPS) is 17.7. The zero-order valence-corrected chi connectivity index (χ0v) is 22.4. The van der Waals surface area contributed by atoms with E-state index in [1.165, 1.54) is 18.9 Å². The van der Waals surface area contributed by atoms with Crippen LogP contribution in [0.4, 0.5) is 20.5 Å². The van der Waals surface area contributed by atoms with Crippen LogP contribution in [0, 0.1) is 24.5 Å². The summed E-state index contributed by atoms with van der Waals surface area (Å²) in [6.45, 7) is 7.88. The van der Waals surface area contributed by atoms with Crippen LogP contribution >= 0.6 is 0 Å². The Labute approximate surface area is 226 Å². The fraction of sp³-hybridized carbons (Fsp3) is 0.448. The van der Waals surface area contributed by atoms with Crippen LogP contribution in [0.15, 0.2) is 36.7 Å². The van der Waals surface area contributed by atoms with Crippen LogP contribution in [0.1, 0.15) is 63.1 Å². The number of nitrogens with zero attached hydrogens (tertiary/aromatic N) is 6. The first-order valence-electron chi connectivity index (χ1n) is 13.6.